The molecule has 0 N–H and O–H groups in total. The van der Waals surface area contributed by atoms with Gasteiger partial charge in [0.1, 0.15) is 11.5 Å². The van der Waals surface area contributed by atoms with Gasteiger partial charge in [-0.2, -0.15) is 0 Å². The molecule has 1 aromatic heterocycles. The molecule has 0 saturated heterocycles. The first kappa shape index (κ1) is 21.8. The van der Waals surface area contributed by atoms with Gasteiger partial charge in [0.25, 0.3) is 0 Å². The molecular formula is C25H31NO4. The van der Waals surface area contributed by atoms with Crippen LogP contribution >= 0.6 is 0 Å². The SMILES string of the molecule is CCOC(=O)COc1ccc2ccn(CCCOc3ccc(C(C)(C)C)cc3)c2c1. The number of ether oxygens (including phenoxy) is 3. The Balaban J connectivity index is 1.53. The maximum absolute atomic E-state index is 11.5. The van der Waals surface area contributed by atoms with Crippen molar-refractivity contribution in [2.45, 2.75) is 46.1 Å². The fourth-order valence-corrected chi connectivity index (χ4v) is 3.27. The van der Waals surface area contributed by atoms with Crippen LogP contribution in [0.2, 0.25) is 0 Å². The van der Waals surface area contributed by atoms with E-state index in [0.717, 1.165) is 29.6 Å². The van der Waals surface area contributed by atoms with E-state index in [2.05, 4.69) is 49.7 Å². The highest BCUT2D eigenvalue weighted by molar-refractivity contribution is 5.81. The molecule has 5 heteroatoms. The first-order valence-corrected chi connectivity index (χ1v) is 10.5. The summed E-state index contributed by atoms with van der Waals surface area (Å²) in [5.74, 6) is 1.20. The minimum Gasteiger partial charge on any atom is -0.494 e. The van der Waals surface area contributed by atoms with Crippen molar-refractivity contribution in [3.63, 3.8) is 0 Å². The van der Waals surface area contributed by atoms with Crippen LogP contribution in [0.4, 0.5) is 0 Å². The molecule has 0 bridgehead atoms. The molecule has 0 aliphatic carbocycles. The van der Waals surface area contributed by atoms with Gasteiger partial charge in [0.15, 0.2) is 6.61 Å². The molecule has 0 spiro atoms. The van der Waals surface area contributed by atoms with Crippen LogP contribution in [0.1, 0.15) is 39.7 Å². The summed E-state index contributed by atoms with van der Waals surface area (Å²) in [5.41, 5.74) is 2.52. The lowest BCUT2D eigenvalue weighted by molar-refractivity contribution is -0.145. The van der Waals surface area contributed by atoms with E-state index in [-0.39, 0.29) is 18.0 Å². The highest BCUT2D eigenvalue weighted by Crippen LogP contribution is 2.25. The van der Waals surface area contributed by atoms with Crippen molar-refractivity contribution in [1.29, 1.82) is 0 Å². The number of aromatic nitrogens is 1. The summed E-state index contributed by atoms with van der Waals surface area (Å²) in [6.45, 7) is 10.2. The second-order valence-corrected chi connectivity index (χ2v) is 8.30. The molecule has 1 heterocycles. The van der Waals surface area contributed by atoms with Gasteiger partial charge in [0, 0.05) is 18.8 Å². The van der Waals surface area contributed by atoms with Crippen molar-refractivity contribution in [2.75, 3.05) is 19.8 Å². The van der Waals surface area contributed by atoms with Gasteiger partial charge in [-0.05, 0) is 60.0 Å². The Morgan fingerprint density at radius 1 is 0.967 bits per heavy atom. The minimum absolute atomic E-state index is 0.0814. The topological polar surface area (TPSA) is 49.7 Å². The van der Waals surface area contributed by atoms with Crippen LogP contribution in [0.15, 0.2) is 54.7 Å². The molecular weight excluding hydrogens is 378 g/mol. The summed E-state index contributed by atoms with van der Waals surface area (Å²) < 4.78 is 18.5. The predicted octanol–water partition coefficient (Wildman–Crippen LogP) is 5.35. The third-order valence-electron chi connectivity index (χ3n) is 4.94. The van der Waals surface area contributed by atoms with E-state index in [9.17, 15) is 4.79 Å². The molecule has 0 aliphatic heterocycles. The zero-order chi connectivity index (χ0) is 21.6. The van der Waals surface area contributed by atoms with Gasteiger partial charge in [-0.25, -0.2) is 4.79 Å². The first-order valence-electron chi connectivity index (χ1n) is 10.5. The van der Waals surface area contributed by atoms with Gasteiger partial charge in [-0.3, -0.25) is 0 Å². The van der Waals surface area contributed by atoms with Crippen LogP contribution < -0.4 is 9.47 Å². The fourth-order valence-electron chi connectivity index (χ4n) is 3.27. The molecule has 0 saturated carbocycles. The molecule has 0 aliphatic rings. The highest BCUT2D eigenvalue weighted by atomic mass is 16.6. The third kappa shape index (κ3) is 5.78. The van der Waals surface area contributed by atoms with Gasteiger partial charge in [0.05, 0.1) is 18.7 Å². The second-order valence-electron chi connectivity index (χ2n) is 8.30. The van der Waals surface area contributed by atoms with Crippen LogP contribution in [0, 0.1) is 0 Å². The summed E-state index contributed by atoms with van der Waals surface area (Å²) in [4.78, 5) is 11.5. The molecule has 0 atom stereocenters. The van der Waals surface area contributed by atoms with E-state index in [1.807, 2.05) is 30.3 Å². The Morgan fingerprint density at radius 3 is 2.40 bits per heavy atom. The van der Waals surface area contributed by atoms with E-state index in [1.165, 1.54) is 5.56 Å². The zero-order valence-electron chi connectivity index (χ0n) is 18.3. The van der Waals surface area contributed by atoms with Crippen LogP contribution in [0.3, 0.4) is 0 Å². The van der Waals surface area contributed by atoms with Crippen molar-refractivity contribution in [2.24, 2.45) is 0 Å². The average Bonchev–Trinajstić information content (AvgIpc) is 3.12. The number of esters is 1. The summed E-state index contributed by atoms with van der Waals surface area (Å²) >= 11 is 0. The number of aryl methyl sites for hydroxylation is 1. The molecule has 5 nitrogen and oxygen atoms in total. The smallest absolute Gasteiger partial charge is 0.344 e. The Bertz CT molecular complexity index is 967. The summed E-state index contributed by atoms with van der Waals surface area (Å²) in [6.07, 6.45) is 2.95. The second kappa shape index (κ2) is 9.70. The fraction of sp³-hybridized carbons (Fsp3) is 0.400. The third-order valence-corrected chi connectivity index (χ3v) is 4.94. The lowest BCUT2D eigenvalue weighted by Crippen LogP contribution is -2.14. The number of hydrogen-bond acceptors (Lipinski definition) is 4. The lowest BCUT2D eigenvalue weighted by atomic mass is 9.87. The van der Waals surface area contributed by atoms with Crippen LogP contribution in [-0.2, 0) is 21.5 Å². The van der Waals surface area contributed by atoms with E-state index in [1.54, 1.807) is 6.92 Å². The average molecular weight is 410 g/mol. The van der Waals surface area contributed by atoms with E-state index < -0.39 is 0 Å². The Morgan fingerprint density at radius 2 is 1.70 bits per heavy atom. The van der Waals surface area contributed by atoms with E-state index in [0.29, 0.717) is 19.0 Å². The number of hydrogen-bond donors (Lipinski definition) is 0. The van der Waals surface area contributed by atoms with Crippen molar-refractivity contribution in [3.05, 3.63) is 60.3 Å². The van der Waals surface area contributed by atoms with E-state index in [4.69, 9.17) is 14.2 Å². The van der Waals surface area contributed by atoms with Crippen LogP contribution in [0.25, 0.3) is 10.9 Å². The number of benzene rings is 2. The molecule has 2 aromatic carbocycles. The highest BCUT2D eigenvalue weighted by Gasteiger charge is 2.13. The predicted molar refractivity (Wildman–Crippen MR) is 119 cm³/mol. The number of rotatable bonds is 9. The molecule has 0 amide bonds. The molecule has 30 heavy (non-hydrogen) atoms. The van der Waals surface area contributed by atoms with Crippen molar-refractivity contribution in [3.8, 4) is 11.5 Å². The summed E-state index contributed by atoms with van der Waals surface area (Å²) in [7, 11) is 0. The maximum atomic E-state index is 11.5. The molecule has 3 aromatic rings. The van der Waals surface area contributed by atoms with Crippen LogP contribution in [0.5, 0.6) is 11.5 Å². The molecule has 3 rings (SSSR count). The number of fused-ring (bicyclic) bond motifs is 1. The van der Waals surface area contributed by atoms with Gasteiger partial charge in [-0.1, -0.05) is 32.9 Å². The maximum Gasteiger partial charge on any atom is 0.344 e. The Kier molecular flexibility index (Phi) is 7.03. The number of carbonyl (C=O) groups is 1. The van der Waals surface area contributed by atoms with Gasteiger partial charge in [-0.15, -0.1) is 0 Å². The van der Waals surface area contributed by atoms with Crippen molar-refractivity contribution < 1.29 is 19.0 Å². The standard InChI is InChI=1S/C25H31NO4/c1-5-28-24(27)18-30-22-10-7-19-13-15-26(23(19)17-22)14-6-16-29-21-11-8-20(9-12-21)25(2,3)4/h7-13,15,17H,5-6,14,16,18H2,1-4H3. The quantitative estimate of drug-likeness (QED) is 0.353. The zero-order valence-corrected chi connectivity index (χ0v) is 18.3. The van der Waals surface area contributed by atoms with Gasteiger partial charge < -0.3 is 18.8 Å². The molecule has 0 radical (unpaired) electrons. The Labute approximate surface area is 178 Å². The molecule has 0 fully saturated rings. The van der Waals surface area contributed by atoms with Gasteiger partial charge >= 0.3 is 5.97 Å². The summed E-state index contributed by atoms with van der Waals surface area (Å²) in [6, 6.07) is 16.3. The molecule has 0 unspecified atom stereocenters. The summed E-state index contributed by atoms with van der Waals surface area (Å²) in [5, 5.41) is 1.14. The van der Waals surface area contributed by atoms with E-state index >= 15 is 0 Å². The lowest BCUT2D eigenvalue weighted by Gasteiger charge is -2.19. The van der Waals surface area contributed by atoms with Crippen molar-refractivity contribution in [1.82, 2.24) is 4.57 Å². The normalized spacial score (nSPS) is 11.5. The minimum atomic E-state index is -0.360. The molecule has 160 valence electrons. The van der Waals surface area contributed by atoms with Gasteiger partial charge in [0.2, 0.25) is 0 Å². The Hall–Kier alpha value is -2.95. The van der Waals surface area contributed by atoms with Crippen molar-refractivity contribution >= 4 is 16.9 Å². The largest absolute Gasteiger partial charge is 0.494 e. The number of nitrogens with zero attached hydrogens (tertiary/aromatic N) is 1. The number of carbonyl (C=O) groups excluding carboxylic acids is 1. The van der Waals surface area contributed by atoms with Crippen LogP contribution in [-0.4, -0.2) is 30.4 Å². The first-order chi connectivity index (χ1) is 14.4. The monoisotopic (exact) mass is 409 g/mol.